The maximum atomic E-state index is 12.7. The summed E-state index contributed by atoms with van der Waals surface area (Å²) in [5, 5.41) is 20.6. The lowest BCUT2D eigenvalue weighted by molar-refractivity contribution is -0.149. The molecule has 4 rings (SSSR count). The maximum Gasteiger partial charge on any atom is 0.343 e. The molecule has 5 nitrogen and oxygen atoms in total. The van der Waals surface area contributed by atoms with Gasteiger partial charge in [-0.3, -0.25) is 0 Å². The zero-order valence-corrected chi connectivity index (χ0v) is 17.0. The first-order valence-electron chi connectivity index (χ1n) is 9.83. The Labute approximate surface area is 179 Å². The average molecular weight is 425 g/mol. The van der Waals surface area contributed by atoms with Crippen LogP contribution in [-0.4, -0.2) is 27.8 Å². The minimum Gasteiger partial charge on any atom is -0.507 e. The van der Waals surface area contributed by atoms with Gasteiger partial charge in [0, 0.05) is 16.1 Å². The van der Waals surface area contributed by atoms with Crippen molar-refractivity contribution >= 4 is 35.2 Å². The van der Waals surface area contributed by atoms with Crippen LogP contribution in [0.2, 0.25) is 5.02 Å². The minimum absolute atomic E-state index is 0.0352. The number of halogens is 1. The molecule has 1 spiro atoms. The fourth-order valence-corrected chi connectivity index (χ4v) is 4.59. The largest absolute Gasteiger partial charge is 0.507 e. The van der Waals surface area contributed by atoms with Crippen LogP contribution in [0.15, 0.2) is 48.7 Å². The molecule has 6 heteroatoms. The van der Waals surface area contributed by atoms with E-state index in [-0.39, 0.29) is 16.9 Å². The van der Waals surface area contributed by atoms with Crippen molar-refractivity contribution in [3.63, 3.8) is 0 Å². The van der Waals surface area contributed by atoms with Crippen molar-refractivity contribution in [2.75, 3.05) is 0 Å². The molecule has 2 aromatic rings. The molecule has 154 valence electrons. The van der Waals surface area contributed by atoms with E-state index >= 15 is 0 Å². The monoisotopic (exact) mass is 424 g/mol. The highest BCUT2D eigenvalue weighted by molar-refractivity contribution is 6.34. The van der Waals surface area contributed by atoms with E-state index < -0.39 is 17.5 Å². The average Bonchev–Trinajstić information content (AvgIpc) is 2.97. The molecule has 1 fully saturated rings. The fraction of sp³-hybridized carbons (Fsp3) is 0.250. The number of aliphatic hydroxyl groups excluding tert-OH is 1. The third kappa shape index (κ3) is 3.29. The molecule has 2 aliphatic rings. The summed E-state index contributed by atoms with van der Waals surface area (Å²) in [5.74, 6) is -1.63. The van der Waals surface area contributed by atoms with Crippen molar-refractivity contribution in [3.8, 4) is 11.1 Å². The molecule has 1 aliphatic heterocycles. The van der Waals surface area contributed by atoms with E-state index in [2.05, 4.69) is 6.58 Å². The number of carbonyl (C=O) groups is 2. The van der Waals surface area contributed by atoms with Crippen LogP contribution in [0.1, 0.15) is 53.6 Å². The highest BCUT2D eigenvalue weighted by Crippen LogP contribution is 2.47. The topological polar surface area (TPSA) is 83.8 Å². The van der Waals surface area contributed by atoms with E-state index in [0.29, 0.717) is 40.1 Å². The Morgan fingerprint density at radius 2 is 1.87 bits per heavy atom. The van der Waals surface area contributed by atoms with Gasteiger partial charge in [-0.25, -0.2) is 9.59 Å². The molecule has 2 aromatic carbocycles. The normalized spacial score (nSPS) is 17.8. The Kier molecular flexibility index (Phi) is 5.16. The van der Waals surface area contributed by atoms with Crippen LogP contribution >= 0.6 is 11.6 Å². The molecule has 0 radical (unpaired) electrons. The number of benzene rings is 2. The lowest BCUT2D eigenvalue weighted by Gasteiger charge is -2.31. The second-order valence-electron chi connectivity index (χ2n) is 7.68. The zero-order chi connectivity index (χ0) is 21.5. The Morgan fingerprint density at radius 3 is 2.53 bits per heavy atom. The van der Waals surface area contributed by atoms with E-state index in [1.165, 1.54) is 12.1 Å². The summed E-state index contributed by atoms with van der Waals surface area (Å²) in [6, 6.07) is 9.79. The first kappa shape index (κ1) is 20.2. The fourth-order valence-electron chi connectivity index (χ4n) is 4.32. The molecule has 30 heavy (non-hydrogen) atoms. The highest BCUT2D eigenvalue weighted by atomic mass is 35.5. The van der Waals surface area contributed by atoms with Gasteiger partial charge < -0.3 is 14.9 Å². The number of esters is 1. The van der Waals surface area contributed by atoms with Gasteiger partial charge in [0.05, 0.1) is 5.56 Å². The van der Waals surface area contributed by atoms with Gasteiger partial charge in [0.2, 0.25) is 0 Å². The van der Waals surface area contributed by atoms with Crippen LogP contribution in [0.5, 0.6) is 0 Å². The van der Waals surface area contributed by atoms with E-state index in [1.54, 1.807) is 30.3 Å². The minimum atomic E-state index is -1.03. The molecule has 2 N–H and O–H groups in total. The second kappa shape index (κ2) is 7.65. The molecule has 0 bridgehead atoms. The van der Waals surface area contributed by atoms with Gasteiger partial charge in [0.15, 0.2) is 11.4 Å². The van der Waals surface area contributed by atoms with E-state index in [0.717, 1.165) is 19.3 Å². The van der Waals surface area contributed by atoms with Gasteiger partial charge in [-0.05, 0) is 61.1 Å². The molecule has 0 aromatic heterocycles. The lowest BCUT2D eigenvalue weighted by Crippen LogP contribution is -2.34. The number of carbonyl (C=O) groups excluding carboxylic acids is 1. The Hall–Kier alpha value is -3.05. The summed E-state index contributed by atoms with van der Waals surface area (Å²) in [5.41, 5.74) is 1.62. The molecule has 0 unspecified atom stereocenters. The van der Waals surface area contributed by atoms with Gasteiger partial charge in [0.25, 0.3) is 0 Å². The van der Waals surface area contributed by atoms with Gasteiger partial charge in [-0.15, -0.1) is 0 Å². The Balaban J connectivity index is 1.84. The standard InChI is InChI=1S/C24H21ClO5/c1-2-14-12-17(15-7-6-8-16(11-15)22(27)28)19(25)13-18(14)20-21(26)24(30-23(20)29)9-4-3-5-10-24/h2,6-8,11-13,26H,1,3-5,9-10H2,(H,27,28). The molecule has 1 saturated carbocycles. The molecule has 0 saturated heterocycles. The Bertz CT molecular complexity index is 1090. The zero-order valence-electron chi connectivity index (χ0n) is 16.3. The first-order chi connectivity index (χ1) is 14.4. The number of hydrogen-bond acceptors (Lipinski definition) is 4. The third-order valence-corrected chi connectivity index (χ3v) is 6.18. The van der Waals surface area contributed by atoms with Gasteiger partial charge in [-0.1, -0.05) is 42.8 Å². The number of carboxylic acid groups (broad SMARTS) is 1. The van der Waals surface area contributed by atoms with Crippen LogP contribution in [0.25, 0.3) is 22.8 Å². The van der Waals surface area contributed by atoms with Crippen molar-refractivity contribution in [3.05, 3.63) is 70.4 Å². The van der Waals surface area contributed by atoms with Crippen molar-refractivity contribution in [2.45, 2.75) is 37.7 Å². The first-order valence-corrected chi connectivity index (χ1v) is 10.2. The van der Waals surface area contributed by atoms with Crippen LogP contribution in [-0.2, 0) is 9.53 Å². The molecule has 1 heterocycles. The number of aromatic carboxylic acids is 1. The second-order valence-corrected chi connectivity index (χ2v) is 8.08. The van der Waals surface area contributed by atoms with Gasteiger partial charge >= 0.3 is 11.9 Å². The van der Waals surface area contributed by atoms with E-state index in [9.17, 15) is 19.8 Å². The van der Waals surface area contributed by atoms with Crippen molar-refractivity contribution in [2.24, 2.45) is 0 Å². The number of carboxylic acids is 1. The van der Waals surface area contributed by atoms with Crippen LogP contribution < -0.4 is 0 Å². The predicted molar refractivity (Wildman–Crippen MR) is 115 cm³/mol. The van der Waals surface area contributed by atoms with Gasteiger partial charge in [0.1, 0.15) is 5.57 Å². The third-order valence-electron chi connectivity index (χ3n) is 5.87. The maximum absolute atomic E-state index is 12.7. The molecular weight excluding hydrogens is 404 g/mol. The summed E-state index contributed by atoms with van der Waals surface area (Å²) >= 11 is 6.54. The molecule has 0 atom stereocenters. The molecule has 0 amide bonds. The van der Waals surface area contributed by atoms with Crippen LogP contribution in [0.3, 0.4) is 0 Å². The SMILES string of the molecule is C=Cc1cc(-c2cccc(C(=O)O)c2)c(Cl)cc1C1=C(O)C2(CCCCC2)OC1=O. The smallest absolute Gasteiger partial charge is 0.343 e. The van der Waals surface area contributed by atoms with Crippen molar-refractivity contribution in [1.29, 1.82) is 0 Å². The van der Waals surface area contributed by atoms with Crippen molar-refractivity contribution in [1.82, 2.24) is 0 Å². The Morgan fingerprint density at radius 1 is 1.13 bits per heavy atom. The van der Waals surface area contributed by atoms with Crippen molar-refractivity contribution < 1.29 is 24.5 Å². The van der Waals surface area contributed by atoms with Crippen LogP contribution in [0.4, 0.5) is 0 Å². The summed E-state index contributed by atoms with van der Waals surface area (Å²) in [6.07, 6.45) is 5.61. The number of aliphatic hydroxyl groups is 1. The highest BCUT2D eigenvalue weighted by Gasteiger charge is 2.49. The van der Waals surface area contributed by atoms with E-state index in [1.807, 2.05) is 0 Å². The number of hydrogen-bond donors (Lipinski definition) is 2. The van der Waals surface area contributed by atoms with Crippen LogP contribution in [0, 0.1) is 0 Å². The summed E-state index contributed by atoms with van der Waals surface area (Å²) < 4.78 is 5.66. The summed E-state index contributed by atoms with van der Waals surface area (Å²) in [4.78, 5) is 24.0. The predicted octanol–water partition coefficient (Wildman–Crippen LogP) is 5.88. The molecular formula is C24H21ClO5. The van der Waals surface area contributed by atoms with Gasteiger partial charge in [-0.2, -0.15) is 0 Å². The quantitative estimate of drug-likeness (QED) is 0.599. The number of rotatable bonds is 4. The summed E-state index contributed by atoms with van der Waals surface area (Å²) in [6.45, 7) is 3.83. The van der Waals surface area contributed by atoms with E-state index in [4.69, 9.17) is 16.3 Å². The lowest BCUT2D eigenvalue weighted by atomic mass is 9.82. The summed E-state index contributed by atoms with van der Waals surface area (Å²) in [7, 11) is 0. The number of ether oxygens (including phenoxy) is 1. The molecule has 1 aliphatic carbocycles.